The lowest BCUT2D eigenvalue weighted by atomic mass is 10.2. The van der Waals surface area contributed by atoms with E-state index >= 15 is 0 Å². The Morgan fingerprint density at radius 2 is 1.74 bits per heavy atom. The second-order valence-corrected chi connectivity index (χ2v) is 6.88. The smallest absolute Gasteiger partial charge is 0.222 e. The summed E-state index contributed by atoms with van der Waals surface area (Å²) in [7, 11) is 1.69. The van der Waals surface area contributed by atoms with E-state index in [0.29, 0.717) is 24.5 Å². The summed E-state index contributed by atoms with van der Waals surface area (Å²) in [5, 5.41) is 0.685. The Labute approximate surface area is 165 Å². The van der Waals surface area contributed by atoms with Gasteiger partial charge in [-0.25, -0.2) is 0 Å². The number of ether oxygens (including phenoxy) is 2. The van der Waals surface area contributed by atoms with Crippen molar-refractivity contribution in [3.05, 3.63) is 53.6 Å². The molecular weight excluding hydrogens is 364 g/mol. The summed E-state index contributed by atoms with van der Waals surface area (Å²) in [5.74, 6) is 1.84. The number of amides is 1. The van der Waals surface area contributed by atoms with E-state index in [-0.39, 0.29) is 5.91 Å². The van der Waals surface area contributed by atoms with E-state index in [4.69, 9.17) is 21.1 Å². The van der Waals surface area contributed by atoms with Crippen LogP contribution < -0.4 is 14.4 Å². The SMILES string of the molecule is COc1ccccc1N1CCN(C(=O)CCCOc2ccc(Cl)cc2)CC1. The summed E-state index contributed by atoms with van der Waals surface area (Å²) < 4.78 is 11.1. The maximum absolute atomic E-state index is 12.4. The van der Waals surface area contributed by atoms with E-state index in [0.717, 1.165) is 43.4 Å². The number of carbonyl (C=O) groups excluding carboxylic acids is 1. The summed E-state index contributed by atoms with van der Waals surface area (Å²) in [4.78, 5) is 16.6. The highest BCUT2D eigenvalue weighted by atomic mass is 35.5. The largest absolute Gasteiger partial charge is 0.495 e. The summed E-state index contributed by atoms with van der Waals surface area (Å²) in [6, 6.07) is 15.3. The Balaban J connectivity index is 1.40. The molecule has 5 nitrogen and oxygen atoms in total. The normalized spacial score (nSPS) is 14.1. The topological polar surface area (TPSA) is 42.0 Å². The molecule has 0 atom stereocenters. The standard InChI is InChI=1S/C21H25ClN2O3/c1-26-20-6-3-2-5-19(20)23-12-14-24(15-13-23)21(25)7-4-16-27-18-10-8-17(22)9-11-18/h2-3,5-6,8-11H,4,7,12-16H2,1H3. The number of piperazine rings is 1. The van der Waals surface area contributed by atoms with E-state index in [1.54, 1.807) is 19.2 Å². The number of hydrogen-bond acceptors (Lipinski definition) is 4. The molecule has 0 N–H and O–H groups in total. The molecule has 1 heterocycles. The molecule has 0 saturated carbocycles. The minimum atomic E-state index is 0.189. The van der Waals surface area contributed by atoms with Crippen LogP contribution in [0.15, 0.2) is 48.5 Å². The van der Waals surface area contributed by atoms with Gasteiger partial charge in [-0.15, -0.1) is 0 Å². The highest BCUT2D eigenvalue weighted by molar-refractivity contribution is 6.30. The summed E-state index contributed by atoms with van der Waals surface area (Å²) in [6.07, 6.45) is 1.20. The first-order valence-electron chi connectivity index (χ1n) is 9.21. The Kier molecular flexibility index (Phi) is 6.82. The molecule has 0 aliphatic carbocycles. The van der Waals surface area contributed by atoms with E-state index in [2.05, 4.69) is 11.0 Å². The monoisotopic (exact) mass is 388 g/mol. The van der Waals surface area contributed by atoms with Crippen molar-refractivity contribution < 1.29 is 14.3 Å². The molecule has 0 spiro atoms. The van der Waals surface area contributed by atoms with Crippen LogP contribution in [0.5, 0.6) is 11.5 Å². The zero-order valence-corrected chi connectivity index (χ0v) is 16.3. The van der Waals surface area contributed by atoms with Crippen molar-refractivity contribution >= 4 is 23.2 Å². The van der Waals surface area contributed by atoms with Gasteiger partial charge in [0.1, 0.15) is 11.5 Å². The predicted molar refractivity (Wildman–Crippen MR) is 108 cm³/mol. The minimum absolute atomic E-state index is 0.189. The van der Waals surface area contributed by atoms with Crippen LogP contribution in [0.1, 0.15) is 12.8 Å². The van der Waals surface area contributed by atoms with Crippen LogP contribution in [0.25, 0.3) is 0 Å². The van der Waals surface area contributed by atoms with Crippen LogP contribution in [0.3, 0.4) is 0 Å². The Bertz CT molecular complexity index is 743. The Hall–Kier alpha value is -2.40. The predicted octanol–water partition coefficient (Wildman–Crippen LogP) is 3.86. The van der Waals surface area contributed by atoms with Gasteiger partial charge < -0.3 is 19.3 Å². The van der Waals surface area contributed by atoms with Crippen LogP contribution in [0, 0.1) is 0 Å². The number of nitrogens with zero attached hydrogens (tertiary/aromatic N) is 2. The highest BCUT2D eigenvalue weighted by Gasteiger charge is 2.22. The average Bonchev–Trinajstić information content (AvgIpc) is 2.72. The van der Waals surface area contributed by atoms with Crippen molar-refractivity contribution in [2.24, 2.45) is 0 Å². The third-order valence-electron chi connectivity index (χ3n) is 4.68. The Morgan fingerprint density at radius 3 is 2.44 bits per heavy atom. The van der Waals surface area contributed by atoms with Crippen molar-refractivity contribution in [1.29, 1.82) is 0 Å². The van der Waals surface area contributed by atoms with Crippen LogP contribution in [-0.2, 0) is 4.79 Å². The lowest BCUT2D eigenvalue weighted by Crippen LogP contribution is -2.48. The number of anilines is 1. The number of hydrogen-bond donors (Lipinski definition) is 0. The first kappa shape index (κ1) is 19.4. The molecule has 2 aromatic carbocycles. The number of benzene rings is 2. The van der Waals surface area contributed by atoms with Crippen LogP contribution in [-0.4, -0.2) is 50.7 Å². The second kappa shape index (κ2) is 9.51. The molecule has 0 radical (unpaired) electrons. The van der Waals surface area contributed by atoms with Gasteiger partial charge in [0.2, 0.25) is 5.91 Å². The van der Waals surface area contributed by atoms with Gasteiger partial charge in [0.15, 0.2) is 0 Å². The number of methoxy groups -OCH3 is 1. The van der Waals surface area contributed by atoms with Crippen LogP contribution >= 0.6 is 11.6 Å². The molecule has 6 heteroatoms. The highest BCUT2D eigenvalue weighted by Crippen LogP contribution is 2.28. The van der Waals surface area contributed by atoms with E-state index < -0.39 is 0 Å². The van der Waals surface area contributed by atoms with Crippen LogP contribution in [0.4, 0.5) is 5.69 Å². The third-order valence-corrected chi connectivity index (χ3v) is 4.93. The third kappa shape index (κ3) is 5.30. The molecule has 2 aromatic rings. The molecule has 0 aromatic heterocycles. The zero-order chi connectivity index (χ0) is 19.1. The average molecular weight is 389 g/mol. The second-order valence-electron chi connectivity index (χ2n) is 6.45. The van der Waals surface area contributed by atoms with Gasteiger partial charge in [-0.2, -0.15) is 0 Å². The molecule has 1 amide bonds. The van der Waals surface area contributed by atoms with Gasteiger partial charge in [-0.1, -0.05) is 23.7 Å². The van der Waals surface area contributed by atoms with Crippen LogP contribution in [0.2, 0.25) is 5.02 Å². The molecule has 144 valence electrons. The van der Waals surface area contributed by atoms with E-state index in [9.17, 15) is 4.79 Å². The Morgan fingerprint density at radius 1 is 1.04 bits per heavy atom. The molecule has 1 saturated heterocycles. The molecule has 1 fully saturated rings. The fourth-order valence-electron chi connectivity index (χ4n) is 3.19. The maximum atomic E-state index is 12.4. The lowest BCUT2D eigenvalue weighted by molar-refractivity contribution is -0.131. The molecule has 1 aliphatic rings. The molecule has 3 rings (SSSR count). The van der Waals surface area contributed by atoms with Gasteiger partial charge in [0.25, 0.3) is 0 Å². The lowest BCUT2D eigenvalue weighted by Gasteiger charge is -2.36. The molecule has 0 bridgehead atoms. The molecular formula is C21H25ClN2O3. The van der Waals surface area contributed by atoms with Gasteiger partial charge in [-0.3, -0.25) is 4.79 Å². The molecule has 1 aliphatic heterocycles. The van der Waals surface area contributed by atoms with Gasteiger partial charge >= 0.3 is 0 Å². The van der Waals surface area contributed by atoms with Crippen molar-refractivity contribution in [3.8, 4) is 11.5 Å². The van der Waals surface area contributed by atoms with Gasteiger partial charge in [-0.05, 0) is 42.8 Å². The summed E-state index contributed by atoms with van der Waals surface area (Å²) in [6.45, 7) is 3.61. The summed E-state index contributed by atoms with van der Waals surface area (Å²) >= 11 is 5.85. The van der Waals surface area contributed by atoms with E-state index in [1.807, 2.05) is 35.2 Å². The first-order chi connectivity index (χ1) is 13.2. The maximum Gasteiger partial charge on any atom is 0.222 e. The van der Waals surface area contributed by atoms with Gasteiger partial charge in [0.05, 0.1) is 19.4 Å². The number of para-hydroxylation sites is 2. The minimum Gasteiger partial charge on any atom is -0.495 e. The quantitative estimate of drug-likeness (QED) is 0.675. The number of carbonyl (C=O) groups is 1. The molecule has 0 unspecified atom stereocenters. The van der Waals surface area contributed by atoms with Crippen molar-refractivity contribution in [1.82, 2.24) is 4.90 Å². The zero-order valence-electron chi connectivity index (χ0n) is 15.6. The fraction of sp³-hybridized carbons (Fsp3) is 0.381. The van der Waals surface area contributed by atoms with E-state index in [1.165, 1.54) is 0 Å². The van der Waals surface area contributed by atoms with Crippen molar-refractivity contribution in [2.75, 3.05) is 44.8 Å². The first-order valence-corrected chi connectivity index (χ1v) is 9.59. The van der Waals surface area contributed by atoms with Gasteiger partial charge in [0, 0.05) is 37.6 Å². The van der Waals surface area contributed by atoms with Crippen molar-refractivity contribution in [3.63, 3.8) is 0 Å². The fourth-order valence-corrected chi connectivity index (χ4v) is 3.32. The number of rotatable bonds is 7. The molecule has 27 heavy (non-hydrogen) atoms. The number of halogens is 1. The van der Waals surface area contributed by atoms with Crippen molar-refractivity contribution in [2.45, 2.75) is 12.8 Å². The summed E-state index contributed by atoms with van der Waals surface area (Å²) in [5.41, 5.74) is 1.09.